The third kappa shape index (κ3) is 3.50. The molecular formula is C8H14N2O2. The third-order valence-corrected chi connectivity index (χ3v) is 1.25. The van der Waals surface area contributed by atoms with E-state index in [1.807, 2.05) is 0 Å². The molecule has 0 fully saturated rings. The lowest BCUT2D eigenvalue weighted by molar-refractivity contribution is 0.0165. The molecule has 0 unspecified atom stereocenters. The van der Waals surface area contributed by atoms with Crippen molar-refractivity contribution in [2.45, 2.75) is 20.4 Å². The van der Waals surface area contributed by atoms with Crippen molar-refractivity contribution in [2.24, 2.45) is 5.92 Å². The third-order valence-electron chi connectivity index (χ3n) is 1.25. The molecule has 0 bridgehead atoms. The van der Waals surface area contributed by atoms with E-state index in [1.54, 1.807) is 6.20 Å². The van der Waals surface area contributed by atoms with E-state index in [2.05, 4.69) is 24.3 Å². The minimum absolute atomic E-state index is 0.534. The molecule has 0 spiro atoms. The predicted molar refractivity (Wildman–Crippen MR) is 44.1 cm³/mol. The van der Waals surface area contributed by atoms with Crippen LogP contribution in [0.15, 0.2) is 17.0 Å². The minimum Gasteiger partial charge on any atom is -0.447 e. The summed E-state index contributed by atoms with van der Waals surface area (Å²) in [5.41, 5.74) is 2.79. The molecule has 4 nitrogen and oxygen atoms in total. The van der Waals surface area contributed by atoms with E-state index in [9.17, 15) is 0 Å². The van der Waals surface area contributed by atoms with E-state index >= 15 is 0 Å². The van der Waals surface area contributed by atoms with Crippen LogP contribution in [-0.2, 0) is 11.4 Å². The van der Waals surface area contributed by atoms with Gasteiger partial charge in [-0.05, 0) is 5.92 Å². The van der Waals surface area contributed by atoms with Crippen molar-refractivity contribution in [1.82, 2.24) is 10.5 Å². The van der Waals surface area contributed by atoms with Crippen LogP contribution < -0.4 is 5.48 Å². The Morgan fingerprint density at radius 2 is 2.50 bits per heavy atom. The summed E-state index contributed by atoms with van der Waals surface area (Å²) in [5, 5.41) is 0. The molecule has 0 saturated carbocycles. The van der Waals surface area contributed by atoms with E-state index in [0.29, 0.717) is 19.1 Å². The average molecular weight is 170 g/mol. The van der Waals surface area contributed by atoms with E-state index < -0.39 is 0 Å². The highest BCUT2D eigenvalue weighted by atomic mass is 16.6. The van der Waals surface area contributed by atoms with Gasteiger partial charge in [-0.2, -0.15) is 5.48 Å². The maximum absolute atomic E-state index is 5.13. The molecule has 1 aromatic heterocycles. The van der Waals surface area contributed by atoms with Crippen LogP contribution in [-0.4, -0.2) is 11.6 Å². The molecule has 68 valence electrons. The Hall–Kier alpha value is -0.870. The van der Waals surface area contributed by atoms with Gasteiger partial charge in [0.15, 0.2) is 6.39 Å². The van der Waals surface area contributed by atoms with E-state index in [4.69, 9.17) is 9.25 Å². The first kappa shape index (κ1) is 9.22. The SMILES string of the molecule is CC(C)CONCc1cnco1. The number of hydroxylamine groups is 1. The van der Waals surface area contributed by atoms with Gasteiger partial charge in [-0.25, -0.2) is 4.98 Å². The predicted octanol–water partition coefficient (Wildman–Crippen LogP) is 1.35. The van der Waals surface area contributed by atoms with Crippen LogP contribution in [0.25, 0.3) is 0 Å². The second-order valence-corrected chi connectivity index (χ2v) is 2.99. The van der Waals surface area contributed by atoms with Crippen molar-refractivity contribution in [1.29, 1.82) is 0 Å². The van der Waals surface area contributed by atoms with E-state index in [1.165, 1.54) is 6.39 Å². The van der Waals surface area contributed by atoms with Gasteiger partial charge in [0.2, 0.25) is 0 Å². The first-order chi connectivity index (χ1) is 5.79. The molecule has 0 atom stereocenters. The summed E-state index contributed by atoms with van der Waals surface area (Å²) in [6.07, 6.45) is 3.06. The van der Waals surface area contributed by atoms with Gasteiger partial charge in [0.1, 0.15) is 5.76 Å². The zero-order valence-corrected chi connectivity index (χ0v) is 7.41. The topological polar surface area (TPSA) is 47.3 Å². The summed E-state index contributed by atoms with van der Waals surface area (Å²) in [7, 11) is 0. The van der Waals surface area contributed by atoms with Crippen LogP contribution in [0.1, 0.15) is 19.6 Å². The first-order valence-corrected chi connectivity index (χ1v) is 4.01. The van der Waals surface area contributed by atoms with E-state index in [0.717, 1.165) is 5.76 Å². The Morgan fingerprint density at radius 3 is 3.08 bits per heavy atom. The van der Waals surface area contributed by atoms with Crippen molar-refractivity contribution in [3.05, 3.63) is 18.4 Å². The number of nitrogens with one attached hydrogen (secondary N) is 1. The fraction of sp³-hybridized carbons (Fsp3) is 0.625. The highest BCUT2D eigenvalue weighted by Crippen LogP contribution is 1.95. The smallest absolute Gasteiger partial charge is 0.180 e. The average Bonchev–Trinajstić information content (AvgIpc) is 2.49. The van der Waals surface area contributed by atoms with Crippen molar-refractivity contribution < 1.29 is 9.25 Å². The van der Waals surface area contributed by atoms with Crippen molar-refractivity contribution >= 4 is 0 Å². The molecule has 0 saturated heterocycles. The number of hydrogen-bond acceptors (Lipinski definition) is 4. The Labute approximate surface area is 71.9 Å². The van der Waals surface area contributed by atoms with Gasteiger partial charge in [-0.15, -0.1) is 0 Å². The van der Waals surface area contributed by atoms with Gasteiger partial charge in [0.05, 0.1) is 19.3 Å². The second-order valence-electron chi connectivity index (χ2n) is 2.99. The molecule has 0 aliphatic heterocycles. The normalized spacial score (nSPS) is 10.9. The van der Waals surface area contributed by atoms with Gasteiger partial charge >= 0.3 is 0 Å². The molecule has 1 rings (SSSR count). The number of aromatic nitrogens is 1. The summed E-state index contributed by atoms with van der Waals surface area (Å²) < 4.78 is 4.99. The Kier molecular flexibility index (Phi) is 3.76. The Bertz CT molecular complexity index is 197. The fourth-order valence-electron chi connectivity index (χ4n) is 0.677. The molecule has 12 heavy (non-hydrogen) atoms. The first-order valence-electron chi connectivity index (χ1n) is 4.01. The van der Waals surface area contributed by atoms with Crippen LogP contribution in [0.5, 0.6) is 0 Å². The molecule has 0 aromatic carbocycles. The summed E-state index contributed by atoms with van der Waals surface area (Å²) in [6, 6.07) is 0. The summed E-state index contributed by atoms with van der Waals surface area (Å²) in [5.74, 6) is 1.31. The van der Waals surface area contributed by atoms with Gasteiger partial charge in [0.25, 0.3) is 0 Å². The largest absolute Gasteiger partial charge is 0.447 e. The highest BCUT2D eigenvalue weighted by Gasteiger charge is 1.96. The lowest BCUT2D eigenvalue weighted by atomic mass is 10.2. The molecule has 1 aromatic rings. The van der Waals surface area contributed by atoms with Crippen LogP contribution in [0.4, 0.5) is 0 Å². The van der Waals surface area contributed by atoms with Crippen molar-refractivity contribution in [3.8, 4) is 0 Å². The Morgan fingerprint density at radius 1 is 1.67 bits per heavy atom. The number of hydrogen-bond donors (Lipinski definition) is 1. The summed E-state index contributed by atoms with van der Waals surface area (Å²) in [6.45, 7) is 5.45. The standard InChI is InChI=1S/C8H14N2O2/c1-7(2)5-12-10-4-8-3-9-6-11-8/h3,6-7,10H,4-5H2,1-2H3. The van der Waals surface area contributed by atoms with E-state index in [-0.39, 0.29) is 0 Å². The summed E-state index contributed by atoms with van der Waals surface area (Å²) >= 11 is 0. The lowest BCUT2D eigenvalue weighted by Crippen LogP contribution is -2.16. The summed E-state index contributed by atoms with van der Waals surface area (Å²) in [4.78, 5) is 8.90. The highest BCUT2D eigenvalue weighted by molar-refractivity contribution is 4.85. The van der Waals surface area contributed by atoms with Gasteiger partial charge in [0, 0.05) is 0 Å². The van der Waals surface area contributed by atoms with Crippen LogP contribution in [0.3, 0.4) is 0 Å². The molecule has 0 aliphatic carbocycles. The van der Waals surface area contributed by atoms with Crippen LogP contribution >= 0.6 is 0 Å². The van der Waals surface area contributed by atoms with Gasteiger partial charge in [-0.3, -0.25) is 0 Å². The molecule has 0 aliphatic rings. The minimum atomic E-state index is 0.534. The molecule has 1 N–H and O–H groups in total. The quantitative estimate of drug-likeness (QED) is 0.535. The Balaban J connectivity index is 2.04. The maximum atomic E-state index is 5.13. The lowest BCUT2D eigenvalue weighted by Gasteiger charge is -2.05. The number of rotatable bonds is 5. The monoisotopic (exact) mass is 170 g/mol. The zero-order chi connectivity index (χ0) is 8.81. The number of oxazole rings is 1. The van der Waals surface area contributed by atoms with Gasteiger partial charge < -0.3 is 9.25 Å². The molecule has 0 amide bonds. The molecule has 0 radical (unpaired) electrons. The second kappa shape index (κ2) is 4.90. The molecular weight excluding hydrogens is 156 g/mol. The van der Waals surface area contributed by atoms with Crippen molar-refractivity contribution in [2.75, 3.05) is 6.61 Å². The van der Waals surface area contributed by atoms with Crippen LogP contribution in [0, 0.1) is 5.92 Å². The molecule has 4 heteroatoms. The number of nitrogens with zero attached hydrogens (tertiary/aromatic N) is 1. The fourth-order valence-corrected chi connectivity index (χ4v) is 0.677. The zero-order valence-electron chi connectivity index (χ0n) is 7.41. The van der Waals surface area contributed by atoms with Gasteiger partial charge in [-0.1, -0.05) is 13.8 Å². The molecule has 1 heterocycles. The maximum Gasteiger partial charge on any atom is 0.180 e. The van der Waals surface area contributed by atoms with Crippen molar-refractivity contribution in [3.63, 3.8) is 0 Å². The van der Waals surface area contributed by atoms with Crippen LogP contribution in [0.2, 0.25) is 0 Å².